The summed E-state index contributed by atoms with van der Waals surface area (Å²) in [4.78, 5) is 4.18. The van der Waals surface area contributed by atoms with Crippen LogP contribution < -0.4 is 10.1 Å². The van der Waals surface area contributed by atoms with Crippen LogP contribution in [-0.2, 0) is 12.8 Å². The molecule has 1 aromatic heterocycles. The lowest BCUT2D eigenvalue weighted by atomic mass is 9.99. The molecule has 0 radical (unpaired) electrons. The Morgan fingerprint density at radius 1 is 1.29 bits per heavy atom. The molecule has 2 rings (SSSR count). The molecule has 0 aliphatic carbocycles. The fraction of sp³-hybridized carbons (Fsp3) is 0.312. The zero-order valence-corrected chi connectivity index (χ0v) is 12.8. The summed E-state index contributed by atoms with van der Waals surface area (Å²) in [5.41, 5.74) is 1.60. The maximum Gasteiger partial charge on any atom is 0.212 e. The highest BCUT2D eigenvalue weighted by atomic mass is 35.5. The van der Waals surface area contributed by atoms with Gasteiger partial charge in [0.2, 0.25) is 5.88 Å². The van der Waals surface area contributed by atoms with Gasteiger partial charge < -0.3 is 10.1 Å². The van der Waals surface area contributed by atoms with Crippen molar-refractivity contribution in [2.45, 2.75) is 18.9 Å². The molecule has 3 nitrogen and oxygen atoms in total. The average molecular weight is 309 g/mol. The predicted molar refractivity (Wildman–Crippen MR) is 82.5 cm³/mol. The molecule has 1 atom stereocenters. The zero-order valence-electron chi connectivity index (χ0n) is 12.1. The Bertz CT molecular complexity index is 569. The summed E-state index contributed by atoms with van der Waals surface area (Å²) >= 11 is 6.08. The minimum absolute atomic E-state index is 0.0783. The number of hydrogen-bond acceptors (Lipinski definition) is 3. The van der Waals surface area contributed by atoms with Gasteiger partial charge in [-0.15, -0.1) is 0 Å². The van der Waals surface area contributed by atoms with E-state index in [-0.39, 0.29) is 11.9 Å². The first-order valence-corrected chi connectivity index (χ1v) is 7.11. The number of benzene rings is 1. The molecule has 0 aliphatic rings. The maximum absolute atomic E-state index is 13.8. The monoisotopic (exact) mass is 308 g/mol. The molecule has 0 amide bonds. The van der Waals surface area contributed by atoms with Crippen LogP contribution >= 0.6 is 11.6 Å². The van der Waals surface area contributed by atoms with E-state index in [0.717, 1.165) is 12.0 Å². The van der Waals surface area contributed by atoms with E-state index in [0.29, 0.717) is 22.9 Å². The number of nitrogens with zero attached hydrogens (tertiary/aromatic N) is 1. The number of methoxy groups -OCH3 is 1. The molecule has 0 aliphatic heterocycles. The zero-order chi connectivity index (χ0) is 15.2. The summed E-state index contributed by atoms with van der Waals surface area (Å²) in [5, 5.41) is 3.66. The van der Waals surface area contributed by atoms with Gasteiger partial charge in [0.1, 0.15) is 5.82 Å². The molecule has 1 heterocycles. The molecule has 0 spiro atoms. The summed E-state index contributed by atoms with van der Waals surface area (Å²) in [5.74, 6) is 0.313. The molecule has 1 aromatic carbocycles. The number of halogens is 2. The standard InChI is InChI=1S/C16H18ClFN2O/c1-19-12(8-11-6-7-16(21-2)20-10-11)9-13-14(17)4-3-5-15(13)18/h3-7,10,12,19H,8-9H2,1-2H3. The predicted octanol–water partition coefficient (Wildman–Crippen LogP) is 3.26. The van der Waals surface area contributed by atoms with Crippen molar-refractivity contribution in [2.75, 3.05) is 14.2 Å². The Morgan fingerprint density at radius 3 is 2.67 bits per heavy atom. The third-order valence-electron chi connectivity index (χ3n) is 3.41. The summed E-state index contributed by atoms with van der Waals surface area (Å²) < 4.78 is 18.9. The Kier molecular flexibility index (Phi) is 5.53. The second-order valence-corrected chi connectivity index (χ2v) is 5.21. The van der Waals surface area contributed by atoms with E-state index in [1.165, 1.54) is 6.07 Å². The Hall–Kier alpha value is -1.65. The quantitative estimate of drug-likeness (QED) is 0.889. The fourth-order valence-corrected chi connectivity index (χ4v) is 2.43. The number of likely N-dealkylation sites (N-methyl/N-ethyl adjacent to an activating group) is 1. The Morgan fingerprint density at radius 2 is 2.10 bits per heavy atom. The second kappa shape index (κ2) is 7.38. The molecule has 0 bridgehead atoms. The molecule has 0 fully saturated rings. The van der Waals surface area contributed by atoms with E-state index in [2.05, 4.69) is 10.3 Å². The smallest absolute Gasteiger partial charge is 0.212 e. The number of hydrogen-bond donors (Lipinski definition) is 1. The van der Waals surface area contributed by atoms with Crippen molar-refractivity contribution >= 4 is 11.6 Å². The van der Waals surface area contributed by atoms with Crippen LogP contribution in [0.4, 0.5) is 4.39 Å². The lowest BCUT2D eigenvalue weighted by Gasteiger charge is -2.17. The average Bonchev–Trinajstić information content (AvgIpc) is 2.50. The van der Waals surface area contributed by atoms with Gasteiger partial charge in [-0.25, -0.2) is 9.37 Å². The maximum atomic E-state index is 13.8. The molecule has 0 saturated heterocycles. The number of nitrogens with one attached hydrogen (secondary N) is 1. The van der Waals surface area contributed by atoms with Gasteiger partial charge in [0.15, 0.2) is 0 Å². The van der Waals surface area contributed by atoms with Crippen molar-refractivity contribution in [3.8, 4) is 5.88 Å². The number of pyridine rings is 1. The van der Waals surface area contributed by atoms with Gasteiger partial charge in [-0.05, 0) is 37.6 Å². The van der Waals surface area contributed by atoms with Crippen molar-refractivity contribution in [3.05, 3.63) is 58.5 Å². The number of aromatic nitrogens is 1. The van der Waals surface area contributed by atoms with E-state index in [9.17, 15) is 4.39 Å². The highest BCUT2D eigenvalue weighted by Crippen LogP contribution is 2.21. The van der Waals surface area contributed by atoms with Crippen LogP contribution in [-0.4, -0.2) is 25.2 Å². The first-order valence-electron chi connectivity index (χ1n) is 6.73. The molecule has 0 saturated carbocycles. The lowest BCUT2D eigenvalue weighted by Crippen LogP contribution is -2.30. The topological polar surface area (TPSA) is 34.1 Å². The number of ether oxygens (including phenoxy) is 1. The normalized spacial score (nSPS) is 12.2. The highest BCUT2D eigenvalue weighted by Gasteiger charge is 2.14. The minimum Gasteiger partial charge on any atom is -0.481 e. The Balaban J connectivity index is 2.09. The summed E-state index contributed by atoms with van der Waals surface area (Å²) in [6.45, 7) is 0. The summed E-state index contributed by atoms with van der Waals surface area (Å²) in [6.07, 6.45) is 3.03. The lowest BCUT2D eigenvalue weighted by molar-refractivity contribution is 0.397. The molecule has 1 unspecified atom stereocenters. The van der Waals surface area contributed by atoms with Gasteiger partial charge in [0.05, 0.1) is 7.11 Å². The molecule has 112 valence electrons. The molecular weight excluding hydrogens is 291 g/mol. The van der Waals surface area contributed by atoms with E-state index >= 15 is 0 Å². The molecule has 21 heavy (non-hydrogen) atoms. The molecular formula is C16H18ClFN2O. The van der Waals surface area contributed by atoms with Crippen LogP contribution in [0.2, 0.25) is 5.02 Å². The summed E-state index contributed by atoms with van der Waals surface area (Å²) in [7, 11) is 3.44. The SMILES string of the molecule is CNC(Cc1ccc(OC)nc1)Cc1c(F)cccc1Cl. The second-order valence-electron chi connectivity index (χ2n) is 4.80. The van der Waals surface area contributed by atoms with Gasteiger partial charge in [-0.2, -0.15) is 0 Å². The van der Waals surface area contributed by atoms with Crippen molar-refractivity contribution in [2.24, 2.45) is 0 Å². The van der Waals surface area contributed by atoms with Crippen molar-refractivity contribution < 1.29 is 9.13 Å². The van der Waals surface area contributed by atoms with Crippen molar-refractivity contribution in [3.63, 3.8) is 0 Å². The van der Waals surface area contributed by atoms with Crippen LogP contribution in [0.15, 0.2) is 36.5 Å². The van der Waals surface area contributed by atoms with Gasteiger partial charge in [-0.3, -0.25) is 0 Å². The van der Waals surface area contributed by atoms with Crippen LogP contribution in [0.5, 0.6) is 5.88 Å². The fourth-order valence-electron chi connectivity index (χ4n) is 2.19. The Labute approximate surface area is 129 Å². The van der Waals surface area contributed by atoms with Crippen LogP contribution in [0, 0.1) is 5.82 Å². The van der Waals surface area contributed by atoms with Crippen molar-refractivity contribution in [1.29, 1.82) is 0 Å². The van der Waals surface area contributed by atoms with Crippen LogP contribution in [0.3, 0.4) is 0 Å². The first kappa shape index (κ1) is 15.7. The molecule has 2 aromatic rings. The van der Waals surface area contributed by atoms with Crippen LogP contribution in [0.1, 0.15) is 11.1 Å². The van der Waals surface area contributed by atoms with Crippen molar-refractivity contribution in [1.82, 2.24) is 10.3 Å². The van der Waals surface area contributed by atoms with E-state index in [1.807, 2.05) is 19.2 Å². The van der Waals surface area contributed by atoms with Gasteiger partial charge >= 0.3 is 0 Å². The third kappa shape index (κ3) is 4.16. The van der Waals surface area contributed by atoms with E-state index in [1.54, 1.807) is 25.4 Å². The summed E-state index contributed by atoms with van der Waals surface area (Å²) in [6, 6.07) is 8.61. The highest BCUT2D eigenvalue weighted by molar-refractivity contribution is 6.31. The van der Waals surface area contributed by atoms with Gasteiger partial charge in [0.25, 0.3) is 0 Å². The van der Waals surface area contributed by atoms with E-state index in [4.69, 9.17) is 16.3 Å². The first-order chi connectivity index (χ1) is 10.1. The van der Waals surface area contributed by atoms with Crippen LogP contribution in [0.25, 0.3) is 0 Å². The largest absolute Gasteiger partial charge is 0.481 e. The minimum atomic E-state index is -0.268. The molecule has 5 heteroatoms. The van der Waals surface area contributed by atoms with E-state index < -0.39 is 0 Å². The van der Waals surface area contributed by atoms with Gasteiger partial charge in [-0.1, -0.05) is 23.7 Å². The van der Waals surface area contributed by atoms with Gasteiger partial charge in [0, 0.05) is 28.9 Å². The molecule has 1 N–H and O–H groups in total. The number of rotatable bonds is 6. The third-order valence-corrected chi connectivity index (χ3v) is 3.76.